The van der Waals surface area contributed by atoms with E-state index >= 15 is 0 Å². The fourth-order valence-corrected chi connectivity index (χ4v) is 0.916. The van der Waals surface area contributed by atoms with Crippen LogP contribution in [0.4, 0.5) is 0 Å². The Morgan fingerprint density at radius 1 is 1.08 bits per heavy atom. The molecule has 0 atom stereocenters. The van der Waals surface area contributed by atoms with Gasteiger partial charge in [-0.05, 0) is 12.8 Å². The molecule has 0 radical (unpaired) electrons. The van der Waals surface area contributed by atoms with Gasteiger partial charge >= 0.3 is 0 Å². The summed E-state index contributed by atoms with van der Waals surface area (Å²) in [6, 6.07) is 0. The Labute approximate surface area is 74.9 Å². The van der Waals surface area contributed by atoms with Crippen LogP contribution in [0.2, 0.25) is 0 Å². The van der Waals surface area contributed by atoms with Gasteiger partial charge in [0.2, 0.25) is 0 Å². The van der Waals surface area contributed by atoms with E-state index in [1.165, 1.54) is 0 Å². The van der Waals surface area contributed by atoms with Crippen LogP contribution in [-0.2, 0) is 9.25 Å². The Bertz CT molecular complexity index is 86.9. The van der Waals surface area contributed by atoms with Crippen molar-refractivity contribution in [2.24, 2.45) is 5.50 Å². The minimum Gasteiger partial charge on any atom is -0.262 e. The van der Waals surface area contributed by atoms with E-state index in [1.807, 2.05) is 13.8 Å². The lowest BCUT2D eigenvalue weighted by Gasteiger charge is -2.11. The van der Waals surface area contributed by atoms with Gasteiger partial charge < -0.3 is 0 Å². The number of hydrogen-bond acceptors (Lipinski definition) is 5. The number of hydrogen-bond donors (Lipinski definition) is 3. The summed E-state index contributed by atoms with van der Waals surface area (Å²) in [5, 5.41) is 0. The lowest BCUT2D eigenvalue weighted by atomic mass is 10.5. The zero-order chi connectivity index (χ0) is 9.23. The Hall–Kier alpha value is 0.230. The van der Waals surface area contributed by atoms with Crippen molar-refractivity contribution in [1.82, 2.24) is 11.0 Å². The van der Waals surface area contributed by atoms with Crippen LogP contribution in [-0.4, -0.2) is 13.1 Å². The number of nitrogens with one attached hydrogen (secondary N) is 2. The van der Waals surface area contributed by atoms with E-state index in [9.17, 15) is 0 Å². The first-order valence-corrected chi connectivity index (χ1v) is 5.40. The van der Waals surface area contributed by atoms with Crippen molar-refractivity contribution >= 4 is 8.53 Å². The average Bonchev–Trinajstić information content (AvgIpc) is 2.06. The van der Waals surface area contributed by atoms with E-state index in [4.69, 9.17) is 14.8 Å². The van der Waals surface area contributed by atoms with Gasteiger partial charge in [-0.1, -0.05) is 13.8 Å². The van der Waals surface area contributed by atoms with Crippen LogP contribution >= 0.6 is 8.53 Å². The standard InChI is InChI=1S/C6H18N3O2P/c1-3-5-8-10-12(7)11-9-6-4-2/h8-9H,3-7H2,1-2H3. The summed E-state index contributed by atoms with van der Waals surface area (Å²) in [7, 11) is -1.33. The van der Waals surface area contributed by atoms with Gasteiger partial charge in [-0.15, -0.1) is 0 Å². The average molecular weight is 195 g/mol. The maximum atomic E-state index is 5.45. The Morgan fingerprint density at radius 3 is 1.83 bits per heavy atom. The first-order chi connectivity index (χ1) is 5.81. The van der Waals surface area contributed by atoms with Crippen LogP contribution in [0.1, 0.15) is 26.7 Å². The molecule has 0 aromatic heterocycles. The normalized spacial score (nSPS) is 11.0. The molecule has 0 aromatic carbocycles. The number of hydroxylamine groups is 2. The van der Waals surface area contributed by atoms with E-state index in [0.717, 1.165) is 25.9 Å². The zero-order valence-electron chi connectivity index (χ0n) is 7.67. The molecule has 0 aliphatic carbocycles. The molecule has 0 aliphatic heterocycles. The van der Waals surface area contributed by atoms with E-state index in [1.54, 1.807) is 0 Å². The molecular weight excluding hydrogens is 177 g/mol. The van der Waals surface area contributed by atoms with Gasteiger partial charge in [0, 0.05) is 13.1 Å². The summed E-state index contributed by atoms with van der Waals surface area (Å²) in [6.45, 7) is 5.66. The molecule has 4 N–H and O–H groups in total. The molecule has 0 heterocycles. The molecule has 0 rings (SSSR count). The molecule has 0 aromatic rings. The topological polar surface area (TPSA) is 68.5 Å². The second-order valence-corrected chi connectivity index (χ2v) is 3.19. The van der Waals surface area contributed by atoms with Gasteiger partial charge in [-0.3, -0.25) is 5.50 Å². The third-order valence-corrected chi connectivity index (χ3v) is 1.63. The van der Waals surface area contributed by atoms with E-state index < -0.39 is 8.53 Å². The molecule has 0 fully saturated rings. The fraction of sp³-hybridized carbons (Fsp3) is 1.00. The summed E-state index contributed by atoms with van der Waals surface area (Å²) in [4.78, 5) is 0. The lowest BCUT2D eigenvalue weighted by molar-refractivity contribution is 0.132. The molecule has 0 bridgehead atoms. The van der Waals surface area contributed by atoms with Crippen molar-refractivity contribution in [3.8, 4) is 0 Å². The molecule has 0 unspecified atom stereocenters. The van der Waals surface area contributed by atoms with Crippen molar-refractivity contribution in [3.63, 3.8) is 0 Å². The highest BCUT2D eigenvalue weighted by Gasteiger charge is 2.02. The van der Waals surface area contributed by atoms with Crippen LogP contribution in [0.25, 0.3) is 0 Å². The molecule has 0 spiro atoms. The summed E-state index contributed by atoms with van der Waals surface area (Å²) in [5.74, 6) is 0. The molecule has 0 aliphatic rings. The van der Waals surface area contributed by atoms with E-state index in [2.05, 4.69) is 11.0 Å². The molecule has 0 saturated carbocycles. The largest absolute Gasteiger partial charge is 0.288 e. The van der Waals surface area contributed by atoms with Crippen LogP contribution in [0.3, 0.4) is 0 Å². The van der Waals surface area contributed by atoms with Gasteiger partial charge in [-0.2, -0.15) is 11.0 Å². The molecular formula is C6H18N3O2P. The van der Waals surface area contributed by atoms with Gasteiger partial charge in [0.1, 0.15) is 0 Å². The van der Waals surface area contributed by atoms with Gasteiger partial charge in [0.25, 0.3) is 8.53 Å². The third-order valence-electron chi connectivity index (χ3n) is 1.01. The van der Waals surface area contributed by atoms with Crippen molar-refractivity contribution in [3.05, 3.63) is 0 Å². The van der Waals surface area contributed by atoms with Crippen LogP contribution in [0.15, 0.2) is 0 Å². The third kappa shape index (κ3) is 8.33. The van der Waals surface area contributed by atoms with Crippen LogP contribution in [0.5, 0.6) is 0 Å². The van der Waals surface area contributed by atoms with Gasteiger partial charge in [0.05, 0.1) is 0 Å². The summed E-state index contributed by atoms with van der Waals surface area (Å²) in [6.07, 6.45) is 2.01. The van der Waals surface area contributed by atoms with Gasteiger partial charge in [0.15, 0.2) is 0 Å². The van der Waals surface area contributed by atoms with Crippen LogP contribution < -0.4 is 16.5 Å². The predicted octanol–water partition coefficient (Wildman–Crippen LogP) is 1.03. The number of nitrogens with two attached hydrogens (primary N) is 1. The second-order valence-electron chi connectivity index (χ2n) is 2.26. The molecule has 0 amide bonds. The molecule has 0 saturated heterocycles. The van der Waals surface area contributed by atoms with Crippen molar-refractivity contribution in [2.75, 3.05) is 13.1 Å². The fourth-order valence-electron chi connectivity index (χ4n) is 0.441. The predicted molar refractivity (Wildman–Crippen MR) is 49.9 cm³/mol. The Morgan fingerprint density at radius 2 is 1.50 bits per heavy atom. The highest BCUT2D eigenvalue weighted by Crippen LogP contribution is 2.23. The van der Waals surface area contributed by atoms with Gasteiger partial charge in [-0.25, -0.2) is 9.25 Å². The SMILES string of the molecule is CCCNOP(N)ONCCC. The smallest absolute Gasteiger partial charge is 0.262 e. The Balaban J connectivity index is 3.04. The van der Waals surface area contributed by atoms with E-state index in [0.29, 0.717) is 0 Å². The molecule has 74 valence electrons. The highest BCUT2D eigenvalue weighted by atomic mass is 31.2. The second kappa shape index (κ2) is 9.32. The maximum Gasteiger partial charge on any atom is 0.288 e. The van der Waals surface area contributed by atoms with Crippen molar-refractivity contribution < 1.29 is 9.25 Å². The molecule has 5 nitrogen and oxygen atoms in total. The highest BCUT2D eigenvalue weighted by molar-refractivity contribution is 7.44. The quantitative estimate of drug-likeness (QED) is 0.306. The monoisotopic (exact) mass is 195 g/mol. The number of rotatable bonds is 8. The molecule has 6 heteroatoms. The first kappa shape index (κ1) is 12.2. The lowest BCUT2D eigenvalue weighted by Crippen LogP contribution is -2.20. The minimum absolute atomic E-state index is 0.785. The summed E-state index contributed by atoms with van der Waals surface area (Å²) in [5.41, 5.74) is 10.9. The van der Waals surface area contributed by atoms with Crippen molar-refractivity contribution in [1.29, 1.82) is 0 Å². The summed E-state index contributed by atoms with van der Waals surface area (Å²) >= 11 is 0. The van der Waals surface area contributed by atoms with Crippen molar-refractivity contribution in [2.45, 2.75) is 26.7 Å². The Kier molecular flexibility index (Phi) is 9.50. The van der Waals surface area contributed by atoms with E-state index in [-0.39, 0.29) is 0 Å². The maximum absolute atomic E-state index is 5.45. The zero-order valence-corrected chi connectivity index (χ0v) is 8.56. The summed E-state index contributed by atoms with van der Waals surface area (Å²) < 4.78 is 9.87. The first-order valence-electron chi connectivity index (χ1n) is 4.15. The minimum atomic E-state index is -1.33. The molecule has 12 heavy (non-hydrogen) atoms. The van der Waals surface area contributed by atoms with Crippen LogP contribution in [0, 0.1) is 0 Å².